The third kappa shape index (κ3) is 9.09. The van der Waals surface area contributed by atoms with Gasteiger partial charge < -0.3 is 14.5 Å². The second kappa shape index (κ2) is 13.5. The lowest BCUT2D eigenvalue weighted by atomic mass is 9.90. The van der Waals surface area contributed by atoms with Crippen molar-refractivity contribution in [1.29, 1.82) is 0 Å². The fraction of sp³-hybridized carbons (Fsp3) is 0.750. The smallest absolute Gasteiger partial charge is 0.225 e. The molecule has 198 valence electrons. The van der Waals surface area contributed by atoms with Crippen LogP contribution in [-0.4, -0.2) is 89.1 Å². The number of nitrogens with zero attached hydrogens (tertiary/aromatic N) is 2. The Hall–Kier alpha value is -1.04. The van der Waals surface area contributed by atoms with Gasteiger partial charge in [0.15, 0.2) is 0 Å². The van der Waals surface area contributed by atoms with Gasteiger partial charge >= 0.3 is 0 Å². The van der Waals surface area contributed by atoms with Crippen molar-refractivity contribution >= 4 is 44.7 Å². The molecule has 1 aliphatic carbocycles. The van der Waals surface area contributed by atoms with Gasteiger partial charge in [0.2, 0.25) is 15.9 Å². The van der Waals surface area contributed by atoms with Gasteiger partial charge in [0, 0.05) is 42.3 Å². The number of ketones is 1. The van der Waals surface area contributed by atoms with Gasteiger partial charge in [0.1, 0.15) is 5.78 Å². The number of hydrogen-bond donors (Lipinski definition) is 1. The highest BCUT2D eigenvalue weighted by molar-refractivity contribution is 7.89. The minimum atomic E-state index is -3.47. The molecule has 1 aromatic heterocycles. The van der Waals surface area contributed by atoms with Crippen molar-refractivity contribution in [2.45, 2.75) is 38.5 Å². The fourth-order valence-corrected chi connectivity index (χ4v) is 7.08. The van der Waals surface area contributed by atoms with Gasteiger partial charge in [-0.25, -0.2) is 13.1 Å². The number of carbonyl (C=O) groups excluding carboxylic acids is 2. The summed E-state index contributed by atoms with van der Waals surface area (Å²) < 4.78 is 33.5. The molecule has 0 radical (unpaired) electrons. The molecule has 0 bridgehead atoms. The number of amides is 1. The highest BCUT2D eigenvalue weighted by atomic mass is 35.5. The minimum Gasteiger partial charge on any atom is -0.378 e. The molecule has 3 rings (SSSR count). The van der Waals surface area contributed by atoms with Crippen molar-refractivity contribution in [2.24, 2.45) is 17.8 Å². The van der Waals surface area contributed by atoms with E-state index in [1.165, 1.54) is 11.3 Å². The monoisotopic (exact) mass is 547 g/mol. The van der Waals surface area contributed by atoms with Crippen molar-refractivity contribution in [3.05, 3.63) is 21.3 Å². The first-order valence-electron chi connectivity index (χ1n) is 12.4. The van der Waals surface area contributed by atoms with Crippen molar-refractivity contribution in [1.82, 2.24) is 14.5 Å². The number of sulfonamides is 1. The maximum absolute atomic E-state index is 13.1. The van der Waals surface area contributed by atoms with Gasteiger partial charge in [-0.05, 0) is 71.3 Å². The van der Waals surface area contributed by atoms with Gasteiger partial charge in [-0.3, -0.25) is 9.59 Å². The molecule has 1 N–H and O–H groups in total. The molecule has 2 aliphatic rings. The van der Waals surface area contributed by atoms with E-state index in [0.717, 1.165) is 24.3 Å². The van der Waals surface area contributed by atoms with E-state index in [1.807, 2.05) is 25.1 Å². The van der Waals surface area contributed by atoms with Crippen LogP contribution >= 0.6 is 22.9 Å². The second-order valence-electron chi connectivity index (χ2n) is 9.80. The highest BCUT2D eigenvalue weighted by Gasteiger charge is 2.35. The second-order valence-corrected chi connectivity index (χ2v) is 13.5. The summed E-state index contributed by atoms with van der Waals surface area (Å²) in [4.78, 5) is 31.0. The van der Waals surface area contributed by atoms with Crippen molar-refractivity contribution in [2.75, 3.05) is 59.2 Å². The summed E-state index contributed by atoms with van der Waals surface area (Å²) in [6.07, 6.45) is 3.97. The number of aryl methyl sites for hydroxylation is 1. The van der Waals surface area contributed by atoms with Crippen LogP contribution in [0.2, 0.25) is 4.34 Å². The molecule has 35 heavy (non-hydrogen) atoms. The minimum absolute atomic E-state index is 0.0224. The summed E-state index contributed by atoms with van der Waals surface area (Å²) in [5.41, 5.74) is 0. The van der Waals surface area contributed by atoms with E-state index in [0.29, 0.717) is 56.3 Å². The lowest BCUT2D eigenvalue weighted by Crippen LogP contribution is -2.44. The lowest BCUT2D eigenvalue weighted by Gasteiger charge is -2.31. The average Bonchev–Trinajstić information content (AvgIpc) is 3.41. The van der Waals surface area contributed by atoms with E-state index < -0.39 is 10.0 Å². The first kappa shape index (κ1) is 28.5. The Labute approximate surface area is 218 Å². The van der Waals surface area contributed by atoms with Gasteiger partial charge in [-0.2, -0.15) is 0 Å². The first-order chi connectivity index (χ1) is 16.6. The molecule has 2 heterocycles. The summed E-state index contributed by atoms with van der Waals surface area (Å²) >= 11 is 7.29. The topological polar surface area (TPSA) is 96.0 Å². The Bertz CT molecular complexity index is 947. The number of thiophene rings is 1. The number of rotatable bonds is 13. The largest absolute Gasteiger partial charge is 0.378 e. The van der Waals surface area contributed by atoms with E-state index in [-0.39, 0.29) is 41.7 Å². The van der Waals surface area contributed by atoms with Crippen LogP contribution in [0.5, 0.6) is 0 Å². The van der Waals surface area contributed by atoms with E-state index in [1.54, 1.807) is 6.07 Å². The van der Waals surface area contributed by atoms with E-state index in [2.05, 4.69) is 9.62 Å². The summed E-state index contributed by atoms with van der Waals surface area (Å²) in [6, 6.07) is 3.60. The maximum Gasteiger partial charge on any atom is 0.225 e. The zero-order valence-electron chi connectivity index (χ0n) is 20.7. The molecule has 11 heteroatoms. The van der Waals surface area contributed by atoms with E-state index in [4.69, 9.17) is 16.3 Å². The predicted octanol–water partition coefficient (Wildman–Crippen LogP) is 2.67. The van der Waals surface area contributed by atoms with Gasteiger partial charge in [-0.1, -0.05) is 11.6 Å². The van der Waals surface area contributed by atoms with Gasteiger partial charge in [-0.15, -0.1) is 11.3 Å². The summed E-state index contributed by atoms with van der Waals surface area (Å²) in [6.45, 7) is 3.38. The molecule has 0 spiro atoms. The number of hydrogen-bond acceptors (Lipinski definition) is 7. The Morgan fingerprint density at radius 3 is 2.60 bits per heavy atom. The normalized spacial score (nSPS) is 22.2. The fourth-order valence-electron chi connectivity index (χ4n) is 4.78. The third-order valence-electron chi connectivity index (χ3n) is 6.92. The highest BCUT2D eigenvalue weighted by Crippen LogP contribution is 2.32. The van der Waals surface area contributed by atoms with Crippen molar-refractivity contribution < 1.29 is 22.7 Å². The van der Waals surface area contributed by atoms with Crippen LogP contribution in [-0.2, 0) is 30.8 Å². The van der Waals surface area contributed by atoms with Crippen LogP contribution in [0.15, 0.2) is 12.1 Å². The molecule has 1 amide bonds. The molecule has 8 nitrogen and oxygen atoms in total. The zero-order valence-corrected chi connectivity index (χ0v) is 23.1. The summed E-state index contributed by atoms with van der Waals surface area (Å²) in [5.74, 6) is -0.226. The number of nitrogens with one attached hydrogen (secondary N) is 1. The Morgan fingerprint density at radius 2 is 1.94 bits per heavy atom. The standard InChI is InChI=1S/C24H38ClN3O5S2/c1-27(2)11-9-19(24(30)28-12-14-33-15-13-28)5-3-18-4-6-20(23(18)29)17-26-35(31,32)16-10-21-7-8-22(25)34-21/h7-8,18-20,26H,3-6,9-17H2,1-2H3/t18?,19-,20+/m0/s1. The van der Waals surface area contributed by atoms with Crippen molar-refractivity contribution in [3.63, 3.8) is 0 Å². The molecule has 0 aromatic carbocycles. The number of morpholine rings is 1. The SMILES string of the molecule is CN(C)CC[C@H](CCC1CC[C@H](CNS(=O)(=O)CCc2ccc(Cl)s2)C1=O)C(=O)N1CCOCC1. The Kier molecular flexibility index (Phi) is 11.0. The maximum atomic E-state index is 13.1. The summed E-state index contributed by atoms with van der Waals surface area (Å²) in [7, 11) is 0.529. The van der Waals surface area contributed by atoms with Gasteiger partial charge in [0.05, 0.1) is 23.3 Å². The number of halogens is 1. The van der Waals surface area contributed by atoms with E-state index in [9.17, 15) is 18.0 Å². The van der Waals surface area contributed by atoms with Crippen LogP contribution in [0.3, 0.4) is 0 Å². The molecule has 2 fully saturated rings. The Balaban J connectivity index is 1.46. The van der Waals surface area contributed by atoms with Gasteiger partial charge in [0.25, 0.3) is 0 Å². The lowest BCUT2D eigenvalue weighted by molar-refractivity contribution is -0.140. The Morgan fingerprint density at radius 1 is 1.23 bits per heavy atom. The van der Waals surface area contributed by atoms with Crippen LogP contribution in [0.25, 0.3) is 0 Å². The van der Waals surface area contributed by atoms with Crippen LogP contribution in [0.1, 0.15) is 37.0 Å². The third-order valence-corrected chi connectivity index (χ3v) is 9.56. The predicted molar refractivity (Wildman–Crippen MR) is 139 cm³/mol. The number of ether oxygens (including phenoxy) is 1. The van der Waals surface area contributed by atoms with Crippen LogP contribution in [0.4, 0.5) is 0 Å². The quantitative estimate of drug-likeness (QED) is 0.408. The van der Waals surface area contributed by atoms with Crippen LogP contribution < -0.4 is 4.72 Å². The molecule has 1 unspecified atom stereocenters. The molecular formula is C24H38ClN3O5S2. The molecule has 1 saturated carbocycles. The molecule has 1 saturated heterocycles. The number of Topliss-reactive ketones (excluding diaryl/α,β-unsaturated/α-hetero) is 1. The zero-order chi connectivity index (χ0) is 25.4. The van der Waals surface area contributed by atoms with Crippen molar-refractivity contribution in [3.8, 4) is 0 Å². The van der Waals surface area contributed by atoms with E-state index >= 15 is 0 Å². The summed E-state index contributed by atoms with van der Waals surface area (Å²) in [5, 5.41) is 0. The van der Waals surface area contributed by atoms with Crippen LogP contribution in [0, 0.1) is 17.8 Å². The molecule has 1 aromatic rings. The molecule has 3 atom stereocenters. The molecule has 1 aliphatic heterocycles. The first-order valence-corrected chi connectivity index (χ1v) is 15.3. The number of carbonyl (C=O) groups is 2. The average molecular weight is 548 g/mol. The molecular weight excluding hydrogens is 510 g/mol.